The third kappa shape index (κ3) is 3.35. The summed E-state index contributed by atoms with van der Waals surface area (Å²) in [5, 5.41) is 13.1. The van der Waals surface area contributed by atoms with E-state index in [9.17, 15) is 19.3 Å². The number of amides is 1. The normalized spacial score (nSPS) is 10.1. The van der Waals surface area contributed by atoms with Crippen molar-refractivity contribution in [2.24, 2.45) is 0 Å². The Bertz CT molecular complexity index is 644. The van der Waals surface area contributed by atoms with Crippen molar-refractivity contribution in [3.63, 3.8) is 0 Å². The van der Waals surface area contributed by atoms with Crippen LogP contribution in [0.1, 0.15) is 15.9 Å². The van der Waals surface area contributed by atoms with E-state index in [0.29, 0.717) is 5.56 Å². The van der Waals surface area contributed by atoms with Crippen LogP contribution in [0.25, 0.3) is 0 Å². The van der Waals surface area contributed by atoms with Crippen LogP contribution in [-0.4, -0.2) is 15.8 Å². The molecule has 102 valence electrons. The fraction of sp³-hybridized carbons (Fsp3) is 0.0769. The maximum absolute atomic E-state index is 12.9. The maximum atomic E-state index is 12.9. The highest BCUT2D eigenvalue weighted by molar-refractivity contribution is 5.93. The van der Waals surface area contributed by atoms with Crippen LogP contribution in [0.3, 0.4) is 0 Å². The average Bonchev–Trinajstić information content (AvgIpc) is 2.45. The summed E-state index contributed by atoms with van der Waals surface area (Å²) >= 11 is 0. The van der Waals surface area contributed by atoms with Gasteiger partial charge in [0, 0.05) is 36.5 Å². The first-order chi connectivity index (χ1) is 9.56. The third-order valence-corrected chi connectivity index (χ3v) is 2.59. The van der Waals surface area contributed by atoms with E-state index in [0.717, 1.165) is 6.07 Å². The van der Waals surface area contributed by atoms with Crippen molar-refractivity contribution in [2.75, 3.05) is 0 Å². The molecule has 1 amide bonds. The molecule has 1 N–H and O–H groups in total. The number of benzene rings is 1. The first-order valence-electron chi connectivity index (χ1n) is 5.69. The van der Waals surface area contributed by atoms with Crippen molar-refractivity contribution in [2.45, 2.75) is 6.54 Å². The monoisotopic (exact) mass is 275 g/mol. The Kier molecular flexibility index (Phi) is 3.99. The van der Waals surface area contributed by atoms with E-state index in [1.807, 2.05) is 0 Å². The summed E-state index contributed by atoms with van der Waals surface area (Å²) in [5.74, 6) is -1.17. The zero-order valence-corrected chi connectivity index (χ0v) is 10.2. The van der Waals surface area contributed by atoms with Gasteiger partial charge in [-0.3, -0.25) is 14.9 Å². The van der Waals surface area contributed by atoms with Crippen LogP contribution in [0.5, 0.6) is 0 Å². The molecule has 0 aliphatic heterocycles. The van der Waals surface area contributed by atoms with E-state index in [-0.39, 0.29) is 17.8 Å². The first-order valence-corrected chi connectivity index (χ1v) is 5.69. The van der Waals surface area contributed by atoms with E-state index >= 15 is 0 Å². The van der Waals surface area contributed by atoms with Gasteiger partial charge in [0.25, 0.3) is 11.6 Å². The second kappa shape index (κ2) is 5.87. The van der Waals surface area contributed by atoms with Gasteiger partial charge in [0.15, 0.2) is 0 Å². The molecule has 7 heteroatoms. The largest absolute Gasteiger partial charge is 0.348 e. The van der Waals surface area contributed by atoms with Gasteiger partial charge in [0.2, 0.25) is 5.95 Å². The van der Waals surface area contributed by atoms with Crippen LogP contribution in [-0.2, 0) is 6.54 Å². The summed E-state index contributed by atoms with van der Waals surface area (Å²) in [5.41, 5.74) is 0.856. The molecule has 6 nitrogen and oxygen atoms in total. The summed E-state index contributed by atoms with van der Waals surface area (Å²) in [6.45, 7) is 0.195. The molecule has 0 fully saturated rings. The Morgan fingerprint density at radius 3 is 2.60 bits per heavy atom. The molecular weight excluding hydrogens is 265 g/mol. The van der Waals surface area contributed by atoms with Gasteiger partial charge in [-0.15, -0.1) is 0 Å². The molecule has 1 heterocycles. The minimum absolute atomic E-state index is 0.0173. The third-order valence-electron chi connectivity index (χ3n) is 2.59. The second-order valence-corrected chi connectivity index (χ2v) is 3.97. The molecule has 0 saturated heterocycles. The summed E-state index contributed by atoms with van der Waals surface area (Å²) in [6.07, 6.45) is 1.20. The molecule has 1 aromatic carbocycles. The van der Waals surface area contributed by atoms with Gasteiger partial charge >= 0.3 is 0 Å². The number of nitro groups is 1. The van der Waals surface area contributed by atoms with Crippen molar-refractivity contribution >= 4 is 11.6 Å². The molecule has 2 rings (SSSR count). The summed E-state index contributed by atoms with van der Waals surface area (Å²) in [7, 11) is 0. The fourth-order valence-corrected chi connectivity index (χ4v) is 1.56. The first kappa shape index (κ1) is 13.6. The molecule has 0 aliphatic carbocycles. The zero-order valence-electron chi connectivity index (χ0n) is 10.2. The number of non-ortho nitro benzene ring substituents is 1. The number of aromatic nitrogens is 1. The molecule has 0 radical (unpaired) electrons. The molecule has 0 unspecified atom stereocenters. The Morgan fingerprint density at radius 1 is 1.30 bits per heavy atom. The summed E-state index contributed by atoms with van der Waals surface area (Å²) in [4.78, 5) is 25.1. The predicted octanol–water partition coefficient (Wildman–Crippen LogP) is 2.06. The van der Waals surface area contributed by atoms with Crippen LogP contribution >= 0.6 is 0 Å². The zero-order chi connectivity index (χ0) is 14.5. The highest BCUT2D eigenvalue weighted by Gasteiger charge is 2.08. The Balaban J connectivity index is 1.98. The van der Waals surface area contributed by atoms with Crippen LogP contribution in [0.4, 0.5) is 10.1 Å². The van der Waals surface area contributed by atoms with Gasteiger partial charge in [-0.25, -0.2) is 4.98 Å². The molecule has 0 spiro atoms. The van der Waals surface area contributed by atoms with Gasteiger partial charge in [0.1, 0.15) is 0 Å². The minimum Gasteiger partial charge on any atom is -0.348 e. The highest BCUT2D eigenvalue weighted by Crippen LogP contribution is 2.11. The van der Waals surface area contributed by atoms with Crippen LogP contribution in [0.15, 0.2) is 42.6 Å². The number of nitrogens with one attached hydrogen (secondary N) is 1. The van der Waals surface area contributed by atoms with Crippen LogP contribution in [0, 0.1) is 16.1 Å². The lowest BCUT2D eigenvalue weighted by Gasteiger charge is -2.05. The molecule has 1 aromatic heterocycles. The number of rotatable bonds is 4. The minimum atomic E-state index is -0.729. The summed E-state index contributed by atoms with van der Waals surface area (Å²) in [6, 6.07) is 8.23. The Morgan fingerprint density at radius 2 is 2.00 bits per heavy atom. The number of nitro benzene ring substituents is 1. The van der Waals surface area contributed by atoms with Gasteiger partial charge in [-0.2, -0.15) is 4.39 Å². The van der Waals surface area contributed by atoms with Gasteiger partial charge < -0.3 is 5.32 Å². The van der Waals surface area contributed by atoms with Gasteiger partial charge in [-0.1, -0.05) is 12.1 Å². The second-order valence-electron chi connectivity index (χ2n) is 3.97. The van der Waals surface area contributed by atoms with Crippen molar-refractivity contribution in [1.29, 1.82) is 0 Å². The Hall–Kier alpha value is -2.83. The predicted molar refractivity (Wildman–Crippen MR) is 68.5 cm³/mol. The van der Waals surface area contributed by atoms with E-state index in [1.54, 1.807) is 12.1 Å². The number of carbonyl (C=O) groups is 1. The fourth-order valence-electron chi connectivity index (χ4n) is 1.56. The number of pyridine rings is 1. The highest BCUT2D eigenvalue weighted by atomic mass is 19.1. The smallest absolute Gasteiger partial charge is 0.269 e. The summed E-state index contributed by atoms with van der Waals surface area (Å²) < 4.78 is 12.9. The number of carbonyl (C=O) groups excluding carboxylic acids is 1. The lowest BCUT2D eigenvalue weighted by Crippen LogP contribution is -2.22. The SMILES string of the molecule is O=C(NCc1ccc([N+](=O)[O-])cc1)c1ccnc(F)c1. The molecule has 0 bridgehead atoms. The van der Waals surface area contributed by atoms with Crippen LogP contribution in [0.2, 0.25) is 0 Å². The van der Waals surface area contributed by atoms with E-state index < -0.39 is 16.8 Å². The molecule has 20 heavy (non-hydrogen) atoms. The molecular formula is C13H10FN3O3. The molecule has 2 aromatic rings. The van der Waals surface area contributed by atoms with Crippen molar-refractivity contribution < 1.29 is 14.1 Å². The van der Waals surface area contributed by atoms with Gasteiger partial charge in [0.05, 0.1) is 4.92 Å². The van der Waals surface area contributed by atoms with E-state index in [4.69, 9.17) is 0 Å². The quantitative estimate of drug-likeness (QED) is 0.525. The van der Waals surface area contributed by atoms with Crippen molar-refractivity contribution in [3.05, 3.63) is 69.8 Å². The van der Waals surface area contributed by atoms with Gasteiger partial charge in [-0.05, 0) is 11.6 Å². The molecule has 0 aliphatic rings. The van der Waals surface area contributed by atoms with E-state index in [1.165, 1.54) is 24.4 Å². The van der Waals surface area contributed by atoms with Crippen molar-refractivity contribution in [1.82, 2.24) is 10.3 Å². The number of halogens is 1. The number of hydrogen-bond acceptors (Lipinski definition) is 4. The number of hydrogen-bond donors (Lipinski definition) is 1. The van der Waals surface area contributed by atoms with Crippen molar-refractivity contribution in [3.8, 4) is 0 Å². The number of nitrogens with zero attached hydrogens (tertiary/aromatic N) is 2. The molecule has 0 saturated carbocycles. The standard InChI is InChI=1S/C13H10FN3O3/c14-12-7-10(5-6-15-12)13(18)16-8-9-1-3-11(4-2-9)17(19)20/h1-7H,8H2,(H,16,18). The maximum Gasteiger partial charge on any atom is 0.269 e. The van der Waals surface area contributed by atoms with E-state index in [2.05, 4.69) is 10.3 Å². The van der Waals surface area contributed by atoms with Crippen LogP contribution < -0.4 is 5.32 Å². The topological polar surface area (TPSA) is 85.1 Å². The molecule has 0 atom stereocenters. The lowest BCUT2D eigenvalue weighted by molar-refractivity contribution is -0.384. The lowest BCUT2D eigenvalue weighted by atomic mass is 10.2. The Labute approximate surface area is 113 Å². The average molecular weight is 275 g/mol.